The summed E-state index contributed by atoms with van der Waals surface area (Å²) in [6.07, 6.45) is -3.26. The number of anilines is 1. The number of benzene rings is 2. The maximum Gasteiger partial charge on any atom is 0.433 e. The molecule has 2 N–H and O–H groups in total. The molecule has 1 amide bonds. The van der Waals surface area contributed by atoms with Gasteiger partial charge in [0, 0.05) is 5.39 Å². The molecule has 0 spiro atoms. The number of amides is 1. The second-order valence-electron chi connectivity index (χ2n) is 6.43. The van der Waals surface area contributed by atoms with Crippen LogP contribution in [0.15, 0.2) is 65.6 Å². The fraction of sp³-hybridized carbons (Fsp3) is 0.100. The monoisotopic (exact) mass is 413 g/mol. The molecule has 0 bridgehead atoms. The van der Waals surface area contributed by atoms with Gasteiger partial charge in [-0.3, -0.25) is 14.7 Å². The molecule has 152 valence electrons. The fourth-order valence-corrected chi connectivity index (χ4v) is 3.07. The highest BCUT2D eigenvalue weighted by Crippen LogP contribution is 2.39. The van der Waals surface area contributed by atoms with Crippen LogP contribution in [-0.4, -0.2) is 25.9 Å². The topological polar surface area (TPSA) is 92.7 Å². The summed E-state index contributed by atoms with van der Waals surface area (Å²) in [5, 5.41) is 12.9. The van der Waals surface area contributed by atoms with Gasteiger partial charge in [-0.15, -0.1) is 0 Å². The van der Waals surface area contributed by atoms with Crippen molar-refractivity contribution < 1.29 is 18.0 Å². The van der Waals surface area contributed by atoms with Gasteiger partial charge in [-0.1, -0.05) is 48.5 Å². The maximum absolute atomic E-state index is 13.4. The largest absolute Gasteiger partial charge is 0.433 e. The second-order valence-corrected chi connectivity index (χ2v) is 6.43. The number of nitrogens with zero attached hydrogens (tertiary/aromatic N) is 3. The molecule has 2 aromatic carbocycles. The molecule has 0 atom stereocenters. The highest BCUT2D eigenvalue weighted by atomic mass is 19.4. The van der Waals surface area contributed by atoms with E-state index in [9.17, 15) is 22.8 Å². The minimum absolute atomic E-state index is 0.231. The van der Waals surface area contributed by atoms with Crippen molar-refractivity contribution in [1.29, 1.82) is 0 Å². The minimum Gasteiger partial charge on any atom is -0.307 e. The molecule has 0 fully saturated rings. The van der Waals surface area contributed by atoms with E-state index in [4.69, 9.17) is 0 Å². The molecule has 0 saturated heterocycles. The number of carbonyl (C=O) groups excluding carboxylic acids is 1. The van der Waals surface area contributed by atoms with Crippen LogP contribution in [0.25, 0.3) is 21.9 Å². The lowest BCUT2D eigenvalue weighted by molar-refractivity contribution is -0.140. The number of aromatic amines is 1. The molecule has 0 aliphatic rings. The molecule has 0 aliphatic carbocycles. The summed E-state index contributed by atoms with van der Waals surface area (Å²) in [5.41, 5.74) is -1.61. The van der Waals surface area contributed by atoms with Crippen LogP contribution < -0.4 is 10.9 Å². The lowest BCUT2D eigenvalue weighted by Gasteiger charge is -2.10. The van der Waals surface area contributed by atoms with Gasteiger partial charge in [-0.05, 0) is 11.6 Å². The van der Waals surface area contributed by atoms with Gasteiger partial charge in [0.2, 0.25) is 5.91 Å². The molecule has 2 heterocycles. The second kappa shape index (κ2) is 7.47. The Kier molecular flexibility index (Phi) is 4.82. The number of rotatable bonds is 4. The van der Waals surface area contributed by atoms with Crippen LogP contribution in [0.3, 0.4) is 0 Å². The van der Waals surface area contributed by atoms with Gasteiger partial charge in [0.25, 0.3) is 5.56 Å². The van der Waals surface area contributed by atoms with Crippen molar-refractivity contribution in [2.75, 3.05) is 5.32 Å². The number of H-pyrrole nitrogens is 1. The van der Waals surface area contributed by atoms with E-state index in [1.165, 1.54) is 18.3 Å². The lowest BCUT2D eigenvalue weighted by Crippen LogP contribution is -2.29. The number of carbonyl (C=O) groups is 1. The van der Waals surface area contributed by atoms with Crippen molar-refractivity contribution in [3.63, 3.8) is 0 Å². The van der Waals surface area contributed by atoms with Crippen LogP contribution in [-0.2, 0) is 17.5 Å². The van der Waals surface area contributed by atoms with Gasteiger partial charge in [-0.25, -0.2) is 4.68 Å². The predicted molar refractivity (Wildman–Crippen MR) is 104 cm³/mol. The summed E-state index contributed by atoms with van der Waals surface area (Å²) in [4.78, 5) is 25.0. The highest BCUT2D eigenvalue weighted by molar-refractivity contribution is 5.94. The van der Waals surface area contributed by atoms with Crippen molar-refractivity contribution in [2.24, 2.45) is 0 Å². The highest BCUT2D eigenvalue weighted by Gasteiger charge is 2.38. The van der Waals surface area contributed by atoms with Crippen LogP contribution >= 0.6 is 0 Å². The van der Waals surface area contributed by atoms with Gasteiger partial charge in [0.15, 0.2) is 5.82 Å². The van der Waals surface area contributed by atoms with Gasteiger partial charge in [0.1, 0.15) is 12.2 Å². The molecule has 0 saturated carbocycles. The molecule has 4 rings (SSSR count). The molecule has 0 unspecified atom stereocenters. The van der Waals surface area contributed by atoms with Gasteiger partial charge in [0.05, 0.1) is 17.1 Å². The Morgan fingerprint density at radius 3 is 2.50 bits per heavy atom. The van der Waals surface area contributed by atoms with E-state index in [-0.39, 0.29) is 16.9 Å². The zero-order chi connectivity index (χ0) is 21.3. The molecule has 10 heteroatoms. The van der Waals surface area contributed by atoms with Crippen molar-refractivity contribution in [2.45, 2.75) is 12.7 Å². The first-order valence-electron chi connectivity index (χ1n) is 8.80. The summed E-state index contributed by atoms with van der Waals surface area (Å²) in [6, 6.07) is 14.5. The third-order valence-electron chi connectivity index (χ3n) is 4.43. The third-order valence-corrected chi connectivity index (χ3v) is 4.43. The van der Waals surface area contributed by atoms with Crippen LogP contribution in [0.5, 0.6) is 0 Å². The average molecular weight is 413 g/mol. The summed E-state index contributed by atoms with van der Waals surface area (Å²) in [6.45, 7) is -0.480. The molecule has 30 heavy (non-hydrogen) atoms. The molecule has 7 nitrogen and oxygen atoms in total. The Labute approximate surface area is 167 Å². The molecule has 2 aromatic heterocycles. The van der Waals surface area contributed by atoms with E-state index in [1.807, 2.05) is 5.10 Å². The van der Waals surface area contributed by atoms with E-state index in [0.717, 1.165) is 4.68 Å². The minimum atomic E-state index is -4.70. The van der Waals surface area contributed by atoms with Crippen molar-refractivity contribution in [1.82, 2.24) is 20.0 Å². The molecule has 4 aromatic rings. The van der Waals surface area contributed by atoms with Crippen molar-refractivity contribution in [3.8, 4) is 11.1 Å². The van der Waals surface area contributed by atoms with E-state index < -0.39 is 29.9 Å². The Hall–Kier alpha value is -3.95. The third kappa shape index (κ3) is 3.66. The van der Waals surface area contributed by atoms with Crippen molar-refractivity contribution in [3.05, 3.63) is 76.8 Å². The summed E-state index contributed by atoms with van der Waals surface area (Å²) in [7, 11) is 0. The Balaban J connectivity index is 1.65. The van der Waals surface area contributed by atoms with Crippen LogP contribution in [0, 0.1) is 0 Å². The fourth-order valence-electron chi connectivity index (χ4n) is 3.07. The zero-order valence-corrected chi connectivity index (χ0v) is 15.3. The molecular weight excluding hydrogens is 399 g/mol. The maximum atomic E-state index is 13.4. The number of alkyl halides is 3. The lowest BCUT2D eigenvalue weighted by atomic mass is 10.1. The Bertz CT molecular complexity index is 1280. The zero-order valence-electron chi connectivity index (χ0n) is 15.3. The number of fused-ring (bicyclic) bond motifs is 1. The quantitative estimate of drug-likeness (QED) is 0.536. The molecular formula is C20H14F3N5O2. The number of nitrogens with one attached hydrogen (secondary N) is 2. The van der Waals surface area contributed by atoms with E-state index >= 15 is 0 Å². The van der Waals surface area contributed by atoms with E-state index in [2.05, 4.69) is 15.5 Å². The number of hydrogen-bond donors (Lipinski definition) is 2. The number of halogens is 3. The first-order valence-corrected chi connectivity index (χ1v) is 8.80. The van der Waals surface area contributed by atoms with E-state index in [0.29, 0.717) is 10.8 Å². The first-order chi connectivity index (χ1) is 14.3. The standard InChI is InChI=1S/C20H14F3N5O2/c21-20(22,23)17-16(12-6-2-1-3-7-12)18(27-26-17)25-15(29)11-28-19(30)14-9-5-4-8-13(14)10-24-28/h1-10H,11H2,(H2,25,26,27,29). The predicted octanol–water partition coefficient (Wildman–Crippen LogP) is 3.44. The number of hydrogen-bond acceptors (Lipinski definition) is 4. The van der Waals surface area contributed by atoms with Crippen LogP contribution in [0.1, 0.15) is 5.69 Å². The molecule has 0 aliphatic heterocycles. The summed E-state index contributed by atoms with van der Waals surface area (Å²) < 4.78 is 41.1. The first kappa shape index (κ1) is 19.4. The Morgan fingerprint density at radius 2 is 1.77 bits per heavy atom. The smallest absolute Gasteiger partial charge is 0.307 e. The number of aromatic nitrogens is 4. The molecule has 0 radical (unpaired) electrons. The SMILES string of the molecule is O=C(Cn1ncc2ccccc2c1=O)Nc1n[nH]c(C(F)(F)F)c1-c1ccccc1. The van der Waals surface area contributed by atoms with E-state index in [1.54, 1.807) is 42.5 Å². The normalized spacial score (nSPS) is 11.6. The van der Waals surface area contributed by atoms with Crippen LogP contribution in [0.4, 0.5) is 19.0 Å². The summed E-state index contributed by atoms with van der Waals surface area (Å²) >= 11 is 0. The van der Waals surface area contributed by atoms with Crippen LogP contribution in [0.2, 0.25) is 0 Å². The van der Waals surface area contributed by atoms with Gasteiger partial charge >= 0.3 is 6.18 Å². The summed E-state index contributed by atoms with van der Waals surface area (Å²) in [5.74, 6) is -1.02. The van der Waals surface area contributed by atoms with Gasteiger partial charge < -0.3 is 5.32 Å². The van der Waals surface area contributed by atoms with Crippen molar-refractivity contribution >= 4 is 22.5 Å². The average Bonchev–Trinajstić information content (AvgIpc) is 3.15. The van der Waals surface area contributed by atoms with Gasteiger partial charge in [-0.2, -0.15) is 23.4 Å². The Morgan fingerprint density at radius 1 is 1.07 bits per heavy atom.